The Labute approximate surface area is 107 Å². The van der Waals surface area contributed by atoms with Gasteiger partial charge in [0.1, 0.15) is 5.82 Å². The van der Waals surface area contributed by atoms with E-state index in [-0.39, 0.29) is 0 Å². The molecule has 5 heteroatoms. The number of imidazole rings is 2. The van der Waals surface area contributed by atoms with Crippen molar-refractivity contribution in [2.24, 2.45) is 0 Å². The molecule has 1 aliphatic heterocycles. The molecule has 18 heavy (non-hydrogen) atoms. The summed E-state index contributed by atoms with van der Waals surface area (Å²) in [6, 6.07) is 0. The van der Waals surface area contributed by atoms with Crippen molar-refractivity contribution >= 4 is 0 Å². The molecule has 2 aromatic rings. The van der Waals surface area contributed by atoms with E-state index in [2.05, 4.69) is 31.8 Å². The molecule has 1 saturated heterocycles. The molecule has 2 aromatic heterocycles. The SMILES string of the molecule is Cc1cnc([C@@H]2CCCN(Cc3cnc[nH]3)C2)[nH]1. The van der Waals surface area contributed by atoms with Crippen molar-refractivity contribution in [3.8, 4) is 0 Å². The number of likely N-dealkylation sites (tertiary alicyclic amines) is 1. The van der Waals surface area contributed by atoms with Crippen molar-refractivity contribution in [3.05, 3.63) is 35.9 Å². The highest BCUT2D eigenvalue weighted by Gasteiger charge is 2.23. The van der Waals surface area contributed by atoms with Gasteiger partial charge < -0.3 is 9.97 Å². The van der Waals surface area contributed by atoms with Crippen LogP contribution >= 0.6 is 0 Å². The van der Waals surface area contributed by atoms with E-state index in [4.69, 9.17) is 0 Å². The van der Waals surface area contributed by atoms with E-state index >= 15 is 0 Å². The molecular weight excluding hydrogens is 226 g/mol. The van der Waals surface area contributed by atoms with Gasteiger partial charge >= 0.3 is 0 Å². The molecule has 5 nitrogen and oxygen atoms in total. The molecule has 1 aliphatic rings. The summed E-state index contributed by atoms with van der Waals surface area (Å²) in [4.78, 5) is 17.5. The molecule has 0 radical (unpaired) electrons. The van der Waals surface area contributed by atoms with E-state index < -0.39 is 0 Å². The van der Waals surface area contributed by atoms with Gasteiger partial charge in [-0.05, 0) is 26.3 Å². The predicted octanol–water partition coefficient (Wildman–Crippen LogP) is 1.82. The lowest BCUT2D eigenvalue weighted by molar-refractivity contribution is 0.195. The minimum Gasteiger partial charge on any atom is -0.347 e. The van der Waals surface area contributed by atoms with Crippen LogP contribution in [0.1, 0.15) is 36.0 Å². The third-order valence-corrected chi connectivity index (χ3v) is 3.56. The summed E-state index contributed by atoms with van der Waals surface area (Å²) in [5.74, 6) is 1.68. The molecule has 0 spiro atoms. The number of aromatic amines is 2. The number of aryl methyl sites for hydroxylation is 1. The first-order chi connectivity index (χ1) is 8.81. The largest absolute Gasteiger partial charge is 0.347 e. The van der Waals surface area contributed by atoms with E-state index in [0.29, 0.717) is 5.92 Å². The zero-order chi connectivity index (χ0) is 12.4. The van der Waals surface area contributed by atoms with Crippen LogP contribution in [0, 0.1) is 6.92 Å². The standard InChI is InChI=1S/C13H19N5/c1-10-5-15-13(17-10)11-3-2-4-18(7-11)8-12-6-14-9-16-12/h5-6,9,11H,2-4,7-8H2,1H3,(H,14,16)(H,15,17)/t11-/m1/s1. The Morgan fingerprint density at radius 1 is 1.44 bits per heavy atom. The number of nitrogens with one attached hydrogen (secondary N) is 2. The first-order valence-electron chi connectivity index (χ1n) is 6.52. The number of piperidine rings is 1. The normalized spacial score (nSPS) is 21.3. The van der Waals surface area contributed by atoms with Crippen molar-refractivity contribution in [1.29, 1.82) is 0 Å². The summed E-state index contributed by atoms with van der Waals surface area (Å²) in [5.41, 5.74) is 2.34. The fraction of sp³-hybridized carbons (Fsp3) is 0.538. The number of aromatic nitrogens is 4. The minimum absolute atomic E-state index is 0.537. The lowest BCUT2D eigenvalue weighted by Crippen LogP contribution is -2.34. The molecule has 0 bridgehead atoms. The summed E-state index contributed by atoms with van der Waals surface area (Å²) in [6.45, 7) is 5.25. The summed E-state index contributed by atoms with van der Waals surface area (Å²) in [7, 11) is 0. The lowest BCUT2D eigenvalue weighted by Gasteiger charge is -2.31. The van der Waals surface area contributed by atoms with Crippen LogP contribution in [0.3, 0.4) is 0 Å². The first-order valence-corrected chi connectivity index (χ1v) is 6.52. The van der Waals surface area contributed by atoms with Gasteiger partial charge in [0.2, 0.25) is 0 Å². The quantitative estimate of drug-likeness (QED) is 0.867. The van der Waals surface area contributed by atoms with Crippen LogP contribution in [0.4, 0.5) is 0 Å². The topological polar surface area (TPSA) is 60.6 Å². The number of hydrogen-bond acceptors (Lipinski definition) is 3. The van der Waals surface area contributed by atoms with Gasteiger partial charge in [-0.1, -0.05) is 0 Å². The zero-order valence-electron chi connectivity index (χ0n) is 10.7. The first kappa shape index (κ1) is 11.5. The highest BCUT2D eigenvalue weighted by molar-refractivity contribution is 5.06. The third kappa shape index (κ3) is 2.46. The Bertz CT molecular complexity index is 487. The van der Waals surface area contributed by atoms with E-state index in [9.17, 15) is 0 Å². The summed E-state index contributed by atoms with van der Waals surface area (Å²) in [6.07, 6.45) is 8.03. The molecule has 0 aliphatic carbocycles. The number of hydrogen-bond donors (Lipinski definition) is 2. The molecule has 0 saturated carbocycles. The summed E-state index contributed by atoms with van der Waals surface area (Å²) < 4.78 is 0. The Kier molecular flexibility index (Phi) is 3.15. The summed E-state index contributed by atoms with van der Waals surface area (Å²) in [5, 5.41) is 0. The van der Waals surface area contributed by atoms with Crippen molar-refractivity contribution in [3.63, 3.8) is 0 Å². The molecule has 3 heterocycles. The minimum atomic E-state index is 0.537. The van der Waals surface area contributed by atoms with Crippen LogP contribution in [-0.2, 0) is 6.54 Å². The van der Waals surface area contributed by atoms with E-state index in [0.717, 1.165) is 31.2 Å². The van der Waals surface area contributed by atoms with E-state index in [1.165, 1.54) is 18.5 Å². The Hall–Kier alpha value is -1.62. The third-order valence-electron chi connectivity index (χ3n) is 3.56. The maximum atomic E-state index is 4.47. The predicted molar refractivity (Wildman–Crippen MR) is 69.2 cm³/mol. The van der Waals surface area contributed by atoms with Crippen molar-refractivity contribution in [2.45, 2.75) is 32.2 Å². The molecule has 0 aromatic carbocycles. The Balaban J connectivity index is 1.65. The zero-order valence-corrected chi connectivity index (χ0v) is 10.7. The maximum Gasteiger partial charge on any atom is 0.110 e. The van der Waals surface area contributed by atoms with Crippen molar-refractivity contribution in [1.82, 2.24) is 24.8 Å². The van der Waals surface area contributed by atoms with E-state index in [1.54, 1.807) is 6.33 Å². The molecule has 3 rings (SSSR count). The average molecular weight is 245 g/mol. The van der Waals surface area contributed by atoms with Gasteiger partial charge in [0.15, 0.2) is 0 Å². The van der Waals surface area contributed by atoms with Crippen LogP contribution in [0.5, 0.6) is 0 Å². The summed E-state index contributed by atoms with van der Waals surface area (Å²) >= 11 is 0. The maximum absolute atomic E-state index is 4.47. The average Bonchev–Trinajstić information content (AvgIpc) is 3.01. The lowest BCUT2D eigenvalue weighted by atomic mass is 9.97. The molecular formula is C13H19N5. The van der Waals surface area contributed by atoms with Gasteiger partial charge in [0, 0.05) is 42.8 Å². The number of nitrogens with zero attached hydrogens (tertiary/aromatic N) is 3. The van der Waals surface area contributed by atoms with E-state index in [1.807, 2.05) is 12.4 Å². The monoisotopic (exact) mass is 245 g/mol. The second-order valence-electron chi connectivity index (χ2n) is 5.10. The van der Waals surface area contributed by atoms with Crippen molar-refractivity contribution in [2.75, 3.05) is 13.1 Å². The van der Waals surface area contributed by atoms with Gasteiger partial charge in [-0.15, -0.1) is 0 Å². The smallest absolute Gasteiger partial charge is 0.110 e. The molecule has 96 valence electrons. The van der Waals surface area contributed by atoms with Gasteiger partial charge in [0.05, 0.1) is 6.33 Å². The molecule has 2 N–H and O–H groups in total. The van der Waals surface area contributed by atoms with Gasteiger partial charge in [-0.2, -0.15) is 0 Å². The fourth-order valence-electron chi connectivity index (χ4n) is 2.67. The van der Waals surface area contributed by atoms with Gasteiger partial charge in [0.25, 0.3) is 0 Å². The fourth-order valence-corrected chi connectivity index (χ4v) is 2.67. The molecule has 1 fully saturated rings. The second kappa shape index (κ2) is 4.94. The Morgan fingerprint density at radius 3 is 3.11 bits per heavy atom. The number of H-pyrrole nitrogens is 2. The highest BCUT2D eigenvalue weighted by Crippen LogP contribution is 2.25. The van der Waals surface area contributed by atoms with Gasteiger partial charge in [-0.3, -0.25) is 4.90 Å². The van der Waals surface area contributed by atoms with Crippen LogP contribution < -0.4 is 0 Å². The molecule has 0 amide bonds. The van der Waals surface area contributed by atoms with Crippen LogP contribution in [0.2, 0.25) is 0 Å². The van der Waals surface area contributed by atoms with Crippen LogP contribution in [-0.4, -0.2) is 37.9 Å². The van der Waals surface area contributed by atoms with Crippen molar-refractivity contribution < 1.29 is 0 Å². The van der Waals surface area contributed by atoms with Crippen LogP contribution in [0.15, 0.2) is 18.7 Å². The Morgan fingerprint density at radius 2 is 2.39 bits per heavy atom. The molecule has 0 unspecified atom stereocenters. The highest BCUT2D eigenvalue weighted by atomic mass is 15.1. The number of rotatable bonds is 3. The second-order valence-corrected chi connectivity index (χ2v) is 5.10. The molecule has 1 atom stereocenters. The van der Waals surface area contributed by atoms with Crippen LogP contribution in [0.25, 0.3) is 0 Å². The van der Waals surface area contributed by atoms with Gasteiger partial charge in [-0.25, -0.2) is 9.97 Å².